The van der Waals surface area contributed by atoms with Gasteiger partial charge in [-0.3, -0.25) is 0 Å². The highest BCUT2D eigenvalue weighted by Gasteiger charge is 2.31. The van der Waals surface area contributed by atoms with E-state index < -0.39 is 0 Å². The lowest BCUT2D eigenvalue weighted by molar-refractivity contribution is 0.433. The van der Waals surface area contributed by atoms with Gasteiger partial charge in [0, 0.05) is 0 Å². The van der Waals surface area contributed by atoms with Gasteiger partial charge in [0.05, 0.1) is 12.1 Å². The molecule has 0 spiro atoms. The number of nitrogens with two attached hydrogens (primary N) is 1. The molecule has 27 heavy (non-hydrogen) atoms. The Morgan fingerprint density at radius 3 is 2.63 bits per heavy atom. The van der Waals surface area contributed by atoms with Crippen LogP contribution in [0.3, 0.4) is 0 Å². The number of hydrogen-bond acceptors (Lipinski definition) is 4. The Bertz CT molecular complexity index is 1110. The van der Waals surface area contributed by atoms with Gasteiger partial charge in [0.2, 0.25) is 11.9 Å². The van der Waals surface area contributed by atoms with Crippen LogP contribution in [0.5, 0.6) is 0 Å². The first-order chi connectivity index (χ1) is 13.2. The van der Waals surface area contributed by atoms with Gasteiger partial charge in [0.25, 0.3) is 0 Å². The molecule has 2 atom stereocenters. The molecule has 1 aromatic heterocycles. The molecule has 134 valence electrons. The topological polar surface area (TPSA) is 68.8 Å². The van der Waals surface area contributed by atoms with Gasteiger partial charge < -0.3 is 11.1 Å². The van der Waals surface area contributed by atoms with Gasteiger partial charge in [0.15, 0.2) is 0 Å². The molecule has 3 N–H and O–H groups in total. The van der Waals surface area contributed by atoms with Crippen LogP contribution in [-0.4, -0.2) is 14.8 Å². The molecule has 4 aromatic rings. The minimum absolute atomic E-state index is 0.00864. The molecule has 0 saturated carbocycles. The first kappa shape index (κ1) is 15.8. The van der Waals surface area contributed by atoms with Crippen molar-refractivity contribution in [3.05, 3.63) is 83.7 Å². The fourth-order valence-electron chi connectivity index (χ4n) is 3.91. The van der Waals surface area contributed by atoms with Crippen molar-refractivity contribution < 1.29 is 4.39 Å². The molecule has 5 nitrogen and oxygen atoms in total. The largest absolute Gasteiger partial charge is 0.366 e. The molecule has 2 heterocycles. The van der Waals surface area contributed by atoms with Crippen LogP contribution in [0.2, 0.25) is 0 Å². The van der Waals surface area contributed by atoms with E-state index in [9.17, 15) is 4.39 Å². The summed E-state index contributed by atoms with van der Waals surface area (Å²) in [5.41, 5.74) is 8.07. The predicted octanol–water partition coefficient (Wildman–Crippen LogP) is 4.30. The Labute approximate surface area is 155 Å². The van der Waals surface area contributed by atoms with Crippen LogP contribution in [-0.2, 0) is 0 Å². The number of halogens is 1. The van der Waals surface area contributed by atoms with Crippen LogP contribution in [0.25, 0.3) is 10.8 Å². The first-order valence-electron chi connectivity index (χ1n) is 8.91. The molecule has 0 amide bonds. The monoisotopic (exact) mass is 359 g/mol. The lowest BCUT2D eigenvalue weighted by Gasteiger charge is -2.32. The summed E-state index contributed by atoms with van der Waals surface area (Å²) in [5.74, 6) is 0.626. The van der Waals surface area contributed by atoms with Gasteiger partial charge in [0.1, 0.15) is 5.82 Å². The third-order valence-electron chi connectivity index (χ3n) is 5.16. The molecular formula is C21H18FN5. The van der Waals surface area contributed by atoms with E-state index in [1.807, 2.05) is 28.9 Å². The molecule has 0 fully saturated rings. The third kappa shape index (κ3) is 2.70. The van der Waals surface area contributed by atoms with Gasteiger partial charge in [-0.15, -0.1) is 5.10 Å². The molecular weight excluding hydrogens is 341 g/mol. The van der Waals surface area contributed by atoms with Crippen molar-refractivity contribution in [3.63, 3.8) is 0 Å². The summed E-state index contributed by atoms with van der Waals surface area (Å²) in [4.78, 5) is 4.34. The van der Waals surface area contributed by atoms with Crippen LogP contribution in [0.15, 0.2) is 66.7 Å². The van der Waals surface area contributed by atoms with E-state index in [-0.39, 0.29) is 23.8 Å². The molecule has 0 radical (unpaired) electrons. The molecule has 0 bridgehead atoms. The minimum atomic E-state index is -0.243. The average molecular weight is 359 g/mol. The summed E-state index contributed by atoms with van der Waals surface area (Å²) in [5, 5.41) is 10.2. The number of fused-ring (bicyclic) bond motifs is 2. The van der Waals surface area contributed by atoms with E-state index in [4.69, 9.17) is 5.73 Å². The first-order valence-corrected chi connectivity index (χ1v) is 8.91. The number of aromatic nitrogens is 3. The fourth-order valence-corrected chi connectivity index (χ4v) is 3.91. The second kappa shape index (κ2) is 6.09. The Kier molecular flexibility index (Phi) is 3.57. The van der Waals surface area contributed by atoms with E-state index in [1.54, 1.807) is 0 Å². The number of benzene rings is 3. The highest BCUT2D eigenvalue weighted by atomic mass is 19.1. The van der Waals surface area contributed by atoms with Crippen molar-refractivity contribution in [1.82, 2.24) is 14.8 Å². The smallest absolute Gasteiger partial charge is 0.241 e. The lowest BCUT2D eigenvalue weighted by Crippen LogP contribution is -2.28. The minimum Gasteiger partial charge on any atom is -0.366 e. The van der Waals surface area contributed by atoms with Crippen LogP contribution < -0.4 is 11.1 Å². The van der Waals surface area contributed by atoms with Crippen LogP contribution >= 0.6 is 0 Å². The second-order valence-electron chi connectivity index (χ2n) is 6.81. The van der Waals surface area contributed by atoms with Gasteiger partial charge in [-0.2, -0.15) is 4.98 Å². The SMILES string of the molecule is Nc1nc2n(n1)[C@@H](c1cccc3ccccc13)C[C@@H](c1ccc(F)cc1)N2. The molecule has 0 aliphatic carbocycles. The van der Waals surface area contributed by atoms with E-state index >= 15 is 0 Å². The van der Waals surface area contributed by atoms with E-state index in [1.165, 1.54) is 28.5 Å². The summed E-state index contributed by atoms with van der Waals surface area (Å²) < 4.78 is 15.2. The van der Waals surface area contributed by atoms with Gasteiger partial charge >= 0.3 is 0 Å². The lowest BCUT2D eigenvalue weighted by atomic mass is 9.90. The Morgan fingerprint density at radius 1 is 1.00 bits per heavy atom. The maximum Gasteiger partial charge on any atom is 0.241 e. The molecule has 3 aromatic carbocycles. The summed E-state index contributed by atoms with van der Waals surface area (Å²) in [7, 11) is 0. The maximum atomic E-state index is 13.3. The number of nitrogen functional groups attached to an aromatic ring is 1. The van der Waals surface area contributed by atoms with Crippen molar-refractivity contribution in [3.8, 4) is 0 Å². The Balaban J connectivity index is 1.64. The van der Waals surface area contributed by atoms with E-state index in [0.29, 0.717) is 5.95 Å². The zero-order chi connectivity index (χ0) is 18.4. The normalized spacial score (nSPS) is 18.9. The summed E-state index contributed by atoms with van der Waals surface area (Å²) >= 11 is 0. The molecule has 0 saturated heterocycles. The highest BCUT2D eigenvalue weighted by Crippen LogP contribution is 2.40. The van der Waals surface area contributed by atoms with Crippen molar-refractivity contribution in [2.45, 2.75) is 18.5 Å². The van der Waals surface area contributed by atoms with Crippen molar-refractivity contribution in [2.75, 3.05) is 11.1 Å². The number of rotatable bonds is 2. The van der Waals surface area contributed by atoms with Crippen LogP contribution in [0.1, 0.15) is 29.6 Å². The average Bonchev–Trinajstić information content (AvgIpc) is 3.07. The van der Waals surface area contributed by atoms with Crippen molar-refractivity contribution in [2.24, 2.45) is 0 Å². The molecule has 1 aliphatic rings. The summed E-state index contributed by atoms with van der Waals surface area (Å²) in [6.07, 6.45) is 0.759. The summed E-state index contributed by atoms with van der Waals surface area (Å²) in [6, 6.07) is 21.2. The van der Waals surface area contributed by atoms with Crippen molar-refractivity contribution >= 4 is 22.7 Å². The van der Waals surface area contributed by atoms with Gasteiger partial charge in [-0.1, -0.05) is 54.6 Å². The van der Waals surface area contributed by atoms with Crippen LogP contribution in [0.4, 0.5) is 16.3 Å². The van der Waals surface area contributed by atoms with Crippen molar-refractivity contribution in [1.29, 1.82) is 0 Å². The number of nitrogens with one attached hydrogen (secondary N) is 1. The standard InChI is InChI=1S/C21H18FN5/c22-15-10-8-14(9-11-15)18-12-19(27-21(24-18)25-20(23)26-27)17-7-3-5-13-4-1-2-6-16(13)17/h1-11,18-19H,12H2,(H3,23,24,25,26)/t18-,19+/m0/s1. The van der Waals surface area contributed by atoms with E-state index in [2.05, 4.69) is 45.7 Å². The van der Waals surface area contributed by atoms with Gasteiger partial charge in [-0.25, -0.2) is 9.07 Å². The zero-order valence-electron chi connectivity index (χ0n) is 14.5. The van der Waals surface area contributed by atoms with Crippen LogP contribution in [0, 0.1) is 5.82 Å². The predicted molar refractivity (Wildman–Crippen MR) is 104 cm³/mol. The maximum absolute atomic E-state index is 13.3. The quantitative estimate of drug-likeness (QED) is 0.560. The third-order valence-corrected chi connectivity index (χ3v) is 5.16. The van der Waals surface area contributed by atoms with E-state index in [0.717, 1.165) is 12.0 Å². The second-order valence-corrected chi connectivity index (χ2v) is 6.81. The summed E-state index contributed by atoms with van der Waals surface area (Å²) in [6.45, 7) is 0. The molecule has 6 heteroatoms. The van der Waals surface area contributed by atoms with Gasteiger partial charge in [-0.05, 0) is 40.5 Å². The Hall–Kier alpha value is -3.41. The molecule has 1 aliphatic heterocycles. The molecule has 0 unspecified atom stereocenters. The number of nitrogens with zero attached hydrogens (tertiary/aromatic N) is 3. The Morgan fingerprint density at radius 2 is 1.78 bits per heavy atom. The fraction of sp³-hybridized carbons (Fsp3) is 0.143. The number of hydrogen-bond donors (Lipinski definition) is 2. The molecule has 5 rings (SSSR count). The highest BCUT2D eigenvalue weighted by molar-refractivity contribution is 5.86. The number of anilines is 2. The zero-order valence-corrected chi connectivity index (χ0v) is 14.5.